The van der Waals surface area contributed by atoms with Gasteiger partial charge in [0.15, 0.2) is 11.5 Å². The standard InChI is InChI=1S/C24H28N6O/c1-3-29-15-18(13-25-29)14-28-11-5-7-21(16-28)24-26-23-10-9-20(17-30(23)27-24)19-6-4-8-22(12-19)31-2/h4,6,8-10,12-13,15,17,21H,3,5,7,11,14,16H2,1-2H3/t21-/m1/s1. The Balaban J connectivity index is 1.34. The topological polar surface area (TPSA) is 60.5 Å². The Morgan fingerprint density at radius 3 is 2.90 bits per heavy atom. The van der Waals surface area contributed by atoms with Gasteiger partial charge < -0.3 is 4.74 Å². The summed E-state index contributed by atoms with van der Waals surface area (Å²) in [4.78, 5) is 7.35. The third kappa shape index (κ3) is 4.18. The third-order valence-electron chi connectivity index (χ3n) is 6.04. The van der Waals surface area contributed by atoms with Gasteiger partial charge in [-0.1, -0.05) is 12.1 Å². The van der Waals surface area contributed by atoms with Crippen molar-refractivity contribution in [3.05, 3.63) is 66.4 Å². The summed E-state index contributed by atoms with van der Waals surface area (Å²) in [6.07, 6.45) is 8.48. The molecule has 1 fully saturated rings. The van der Waals surface area contributed by atoms with E-state index in [0.717, 1.165) is 67.4 Å². The van der Waals surface area contributed by atoms with Gasteiger partial charge in [-0.15, -0.1) is 0 Å². The fourth-order valence-corrected chi connectivity index (χ4v) is 4.38. The maximum atomic E-state index is 5.36. The van der Waals surface area contributed by atoms with Gasteiger partial charge in [0, 0.05) is 49.1 Å². The Morgan fingerprint density at radius 2 is 2.06 bits per heavy atom. The fraction of sp³-hybridized carbons (Fsp3) is 0.375. The Morgan fingerprint density at radius 1 is 1.13 bits per heavy atom. The number of hydrogen-bond acceptors (Lipinski definition) is 5. The lowest BCUT2D eigenvalue weighted by atomic mass is 9.97. The number of likely N-dealkylation sites (tertiary alicyclic amines) is 1. The molecule has 4 aromatic rings. The van der Waals surface area contributed by atoms with Crippen LogP contribution >= 0.6 is 0 Å². The number of hydrogen-bond donors (Lipinski definition) is 0. The van der Waals surface area contributed by atoms with Gasteiger partial charge in [0.05, 0.1) is 13.3 Å². The molecule has 5 rings (SSSR count). The normalized spacial score (nSPS) is 17.3. The molecule has 1 aromatic carbocycles. The van der Waals surface area contributed by atoms with Crippen LogP contribution < -0.4 is 4.74 Å². The number of aryl methyl sites for hydroxylation is 1. The lowest BCUT2D eigenvalue weighted by Crippen LogP contribution is -2.34. The minimum atomic E-state index is 0.357. The predicted molar refractivity (Wildman–Crippen MR) is 120 cm³/mol. The molecule has 4 heterocycles. The lowest BCUT2D eigenvalue weighted by Gasteiger charge is -2.30. The van der Waals surface area contributed by atoms with E-state index in [9.17, 15) is 0 Å². The van der Waals surface area contributed by atoms with E-state index in [4.69, 9.17) is 14.8 Å². The number of nitrogens with zero attached hydrogens (tertiary/aromatic N) is 6. The van der Waals surface area contributed by atoms with Crippen molar-refractivity contribution >= 4 is 5.65 Å². The molecule has 160 valence electrons. The van der Waals surface area contributed by atoms with Crippen LogP contribution in [0.25, 0.3) is 16.8 Å². The number of rotatable bonds is 6. The fourth-order valence-electron chi connectivity index (χ4n) is 4.38. The van der Waals surface area contributed by atoms with Gasteiger partial charge in [-0.3, -0.25) is 9.58 Å². The van der Waals surface area contributed by atoms with Crippen LogP contribution in [0.15, 0.2) is 55.0 Å². The number of aromatic nitrogens is 5. The molecule has 0 bridgehead atoms. The summed E-state index contributed by atoms with van der Waals surface area (Å²) >= 11 is 0. The van der Waals surface area contributed by atoms with E-state index >= 15 is 0 Å². The minimum absolute atomic E-state index is 0.357. The van der Waals surface area contributed by atoms with E-state index in [1.54, 1.807) is 7.11 Å². The molecular formula is C24H28N6O. The smallest absolute Gasteiger partial charge is 0.156 e. The van der Waals surface area contributed by atoms with Crippen molar-refractivity contribution < 1.29 is 4.74 Å². The van der Waals surface area contributed by atoms with Crippen LogP contribution in [-0.4, -0.2) is 49.5 Å². The summed E-state index contributed by atoms with van der Waals surface area (Å²) < 4.78 is 9.26. The third-order valence-corrected chi connectivity index (χ3v) is 6.04. The van der Waals surface area contributed by atoms with Crippen molar-refractivity contribution in [3.8, 4) is 16.9 Å². The number of benzene rings is 1. The van der Waals surface area contributed by atoms with Crippen molar-refractivity contribution in [2.45, 2.75) is 38.8 Å². The van der Waals surface area contributed by atoms with Crippen LogP contribution in [-0.2, 0) is 13.1 Å². The average Bonchev–Trinajstić information content (AvgIpc) is 3.45. The maximum absolute atomic E-state index is 5.36. The van der Waals surface area contributed by atoms with Crippen molar-refractivity contribution in [3.63, 3.8) is 0 Å². The lowest BCUT2D eigenvalue weighted by molar-refractivity contribution is 0.196. The number of ether oxygens (including phenoxy) is 1. The quantitative estimate of drug-likeness (QED) is 0.475. The molecule has 1 aliphatic rings. The molecule has 0 N–H and O–H groups in total. The summed E-state index contributed by atoms with van der Waals surface area (Å²) in [6.45, 7) is 6.05. The molecule has 7 heteroatoms. The predicted octanol–water partition coefficient (Wildman–Crippen LogP) is 4.00. The van der Waals surface area contributed by atoms with E-state index in [1.807, 2.05) is 39.7 Å². The number of methoxy groups -OCH3 is 1. The molecule has 1 aliphatic heterocycles. The van der Waals surface area contributed by atoms with E-state index in [1.165, 1.54) is 5.56 Å². The van der Waals surface area contributed by atoms with Crippen LogP contribution in [0, 0.1) is 0 Å². The van der Waals surface area contributed by atoms with Gasteiger partial charge in [-0.25, -0.2) is 9.50 Å². The van der Waals surface area contributed by atoms with Crippen LogP contribution in [0.1, 0.15) is 37.1 Å². The van der Waals surface area contributed by atoms with Crippen molar-refractivity contribution in [1.29, 1.82) is 0 Å². The summed E-state index contributed by atoms with van der Waals surface area (Å²) in [5.74, 6) is 2.15. The minimum Gasteiger partial charge on any atom is -0.497 e. The summed E-state index contributed by atoms with van der Waals surface area (Å²) in [5.41, 5.74) is 4.37. The summed E-state index contributed by atoms with van der Waals surface area (Å²) in [6, 6.07) is 12.2. The molecule has 1 atom stereocenters. The van der Waals surface area contributed by atoms with Gasteiger partial charge in [-0.2, -0.15) is 10.2 Å². The highest BCUT2D eigenvalue weighted by molar-refractivity contribution is 5.65. The van der Waals surface area contributed by atoms with Crippen LogP contribution in [0.5, 0.6) is 5.75 Å². The first kappa shape index (κ1) is 19.8. The second-order valence-corrected chi connectivity index (χ2v) is 8.20. The molecule has 0 aliphatic carbocycles. The second-order valence-electron chi connectivity index (χ2n) is 8.20. The molecule has 0 unspecified atom stereocenters. The van der Waals surface area contributed by atoms with Crippen molar-refractivity contribution in [2.24, 2.45) is 0 Å². The number of pyridine rings is 1. The van der Waals surface area contributed by atoms with E-state index in [2.05, 4.69) is 41.4 Å². The zero-order valence-electron chi connectivity index (χ0n) is 18.1. The largest absolute Gasteiger partial charge is 0.497 e. The molecule has 31 heavy (non-hydrogen) atoms. The second kappa shape index (κ2) is 8.51. The molecule has 0 saturated carbocycles. The first-order valence-electron chi connectivity index (χ1n) is 11.0. The first-order valence-corrected chi connectivity index (χ1v) is 11.0. The number of fused-ring (bicyclic) bond motifs is 1. The SMILES string of the molecule is CCn1cc(CN2CCC[C@@H](c3nc4ccc(-c5cccc(OC)c5)cn4n3)C2)cn1. The van der Waals surface area contributed by atoms with E-state index < -0.39 is 0 Å². The van der Waals surface area contributed by atoms with Gasteiger partial charge in [0.1, 0.15) is 5.75 Å². The Bertz CT molecular complexity index is 1180. The highest BCUT2D eigenvalue weighted by Gasteiger charge is 2.25. The maximum Gasteiger partial charge on any atom is 0.156 e. The van der Waals surface area contributed by atoms with Crippen LogP contribution in [0.3, 0.4) is 0 Å². The monoisotopic (exact) mass is 416 g/mol. The van der Waals surface area contributed by atoms with Gasteiger partial charge in [0.25, 0.3) is 0 Å². The number of piperidine rings is 1. The summed E-state index contributed by atoms with van der Waals surface area (Å²) in [5, 5.41) is 9.26. The highest BCUT2D eigenvalue weighted by atomic mass is 16.5. The molecule has 7 nitrogen and oxygen atoms in total. The zero-order valence-corrected chi connectivity index (χ0v) is 18.1. The van der Waals surface area contributed by atoms with Crippen LogP contribution in [0.4, 0.5) is 0 Å². The Hall–Kier alpha value is -3.19. The van der Waals surface area contributed by atoms with Crippen molar-refractivity contribution in [1.82, 2.24) is 29.3 Å². The first-order chi connectivity index (χ1) is 15.2. The molecule has 1 saturated heterocycles. The molecule has 0 radical (unpaired) electrons. The average molecular weight is 417 g/mol. The Labute approximate surface area is 182 Å². The van der Waals surface area contributed by atoms with E-state index in [-0.39, 0.29) is 0 Å². The molecule has 3 aromatic heterocycles. The van der Waals surface area contributed by atoms with Gasteiger partial charge >= 0.3 is 0 Å². The van der Waals surface area contributed by atoms with Gasteiger partial charge in [0.2, 0.25) is 0 Å². The summed E-state index contributed by atoms with van der Waals surface area (Å²) in [7, 11) is 1.69. The van der Waals surface area contributed by atoms with E-state index in [0.29, 0.717) is 5.92 Å². The van der Waals surface area contributed by atoms with Crippen LogP contribution in [0.2, 0.25) is 0 Å². The molecule has 0 amide bonds. The Kier molecular flexibility index (Phi) is 5.42. The molecular weight excluding hydrogens is 388 g/mol. The van der Waals surface area contributed by atoms with Gasteiger partial charge in [-0.05, 0) is 56.1 Å². The highest BCUT2D eigenvalue weighted by Crippen LogP contribution is 2.28. The zero-order chi connectivity index (χ0) is 21.2. The van der Waals surface area contributed by atoms with Crippen molar-refractivity contribution in [2.75, 3.05) is 20.2 Å². The molecule has 0 spiro atoms.